The van der Waals surface area contributed by atoms with Crippen molar-refractivity contribution in [1.82, 2.24) is 5.16 Å². The second-order valence-electron chi connectivity index (χ2n) is 4.40. The van der Waals surface area contributed by atoms with Crippen LogP contribution in [-0.2, 0) is 6.61 Å². The lowest BCUT2D eigenvalue weighted by molar-refractivity contribution is 0.290. The van der Waals surface area contributed by atoms with Crippen molar-refractivity contribution in [2.45, 2.75) is 6.61 Å². The molecule has 2 aromatic carbocycles. The molecule has 100 valence electrons. The summed E-state index contributed by atoms with van der Waals surface area (Å²) in [6.07, 6.45) is 0. The van der Waals surface area contributed by atoms with E-state index in [0.29, 0.717) is 18.2 Å². The smallest absolute Gasteiger partial charge is 0.222 e. The average molecular weight is 266 g/mol. The highest BCUT2D eigenvalue weighted by Crippen LogP contribution is 2.22. The highest BCUT2D eigenvalue weighted by molar-refractivity contribution is 5.63. The average Bonchev–Trinajstić information content (AvgIpc) is 2.92. The molecule has 0 aliphatic carbocycles. The SMILES string of the molecule is Nc1cc(COc2ccc(-c3ccccc3)cc2)no1. The number of aromatic nitrogens is 1. The Bertz CT molecular complexity index is 675. The predicted molar refractivity (Wildman–Crippen MR) is 77.1 cm³/mol. The normalized spacial score (nSPS) is 10.4. The highest BCUT2D eigenvalue weighted by Gasteiger charge is 2.02. The summed E-state index contributed by atoms with van der Waals surface area (Å²) in [5, 5.41) is 3.77. The molecule has 0 spiro atoms. The second kappa shape index (κ2) is 5.48. The van der Waals surface area contributed by atoms with E-state index in [4.69, 9.17) is 15.0 Å². The van der Waals surface area contributed by atoms with Gasteiger partial charge in [-0.2, -0.15) is 0 Å². The number of nitrogen functional groups attached to an aromatic ring is 1. The van der Waals surface area contributed by atoms with Crippen molar-refractivity contribution in [3.63, 3.8) is 0 Å². The lowest BCUT2D eigenvalue weighted by atomic mass is 10.1. The highest BCUT2D eigenvalue weighted by atomic mass is 16.5. The predicted octanol–water partition coefficient (Wildman–Crippen LogP) is 3.50. The summed E-state index contributed by atoms with van der Waals surface area (Å²) in [7, 11) is 0. The van der Waals surface area contributed by atoms with Crippen molar-refractivity contribution in [3.05, 3.63) is 66.4 Å². The Balaban J connectivity index is 1.67. The first kappa shape index (κ1) is 12.3. The Kier molecular flexibility index (Phi) is 3.37. The molecule has 0 saturated carbocycles. The van der Waals surface area contributed by atoms with Gasteiger partial charge in [0.15, 0.2) is 0 Å². The molecule has 0 saturated heterocycles. The summed E-state index contributed by atoms with van der Waals surface area (Å²) in [6, 6.07) is 19.8. The lowest BCUT2D eigenvalue weighted by Crippen LogP contribution is -1.95. The first-order valence-electron chi connectivity index (χ1n) is 6.30. The van der Waals surface area contributed by atoms with Gasteiger partial charge in [0.25, 0.3) is 0 Å². The molecule has 0 amide bonds. The van der Waals surface area contributed by atoms with Crippen LogP contribution in [0.4, 0.5) is 5.88 Å². The Morgan fingerprint density at radius 2 is 1.65 bits per heavy atom. The molecular formula is C16H14N2O2. The van der Waals surface area contributed by atoms with Gasteiger partial charge < -0.3 is 15.0 Å². The summed E-state index contributed by atoms with van der Waals surface area (Å²) in [5.41, 5.74) is 8.46. The topological polar surface area (TPSA) is 61.3 Å². The van der Waals surface area contributed by atoms with Crippen LogP contribution in [0.1, 0.15) is 5.69 Å². The van der Waals surface area contributed by atoms with E-state index in [1.54, 1.807) is 6.07 Å². The van der Waals surface area contributed by atoms with E-state index in [2.05, 4.69) is 17.3 Å². The molecule has 0 unspecified atom stereocenters. The Morgan fingerprint density at radius 1 is 0.950 bits per heavy atom. The number of nitrogens with two attached hydrogens (primary N) is 1. The monoisotopic (exact) mass is 266 g/mol. The summed E-state index contributed by atoms with van der Waals surface area (Å²) in [5.74, 6) is 1.08. The lowest BCUT2D eigenvalue weighted by Gasteiger charge is -2.05. The third kappa shape index (κ3) is 2.80. The molecule has 1 heterocycles. The molecule has 3 rings (SSSR count). The minimum Gasteiger partial charge on any atom is -0.487 e. The second-order valence-corrected chi connectivity index (χ2v) is 4.40. The molecule has 3 aromatic rings. The van der Waals surface area contributed by atoms with Crippen LogP contribution >= 0.6 is 0 Å². The zero-order valence-corrected chi connectivity index (χ0v) is 10.8. The van der Waals surface area contributed by atoms with E-state index in [1.807, 2.05) is 42.5 Å². The number of anilines is 1. The van der Waals surface area contributed by atoms with Gasteiger partial charge in [0.2, 0.25) is 5.88 Å². The van der Waals surface area contributed by atoms with Gasteiger partial charge in [0.1, 0.15) is 18.1 Å². The fraction of sp³-hybridized carbons (Fsp3) is 0.0625. The summed E-state index contributed by atoms with van der Waals surface area (Å²) >= 11 is 0. The van der Waals surface area contributed by atoms with Crippen LogP contribution in [0.2, 0.25) is 0 Å². The van der Waals surface area contributed by atoms with Crippen molar-refractivity contribution in [1.29, 1.82) is 0 Å². The maximum Gasteiger partial charge on any atom is 0.222 e. The Hall–Kier alpha value is -2.75. The first-order valence-corrected chi connectivity index (χ1v) is 6.30. The van der Waals surface area contributed by atoms with E-state index in [0.717, 1.165) is 11.3 Å². The summed E-state index contributed by atoms with van der Waals surface area (Å²) in [6.45, 7) is 0.339. The van der Waals surface area contributed by atoms with Crippen LogP contribution in [0.5, 0.6) is 5.75 Å². The number of nitrogens with zero attached hydrogens (tertiary/aromatic N) is 1. The molecular weight excluding hydrogens is 252 g/mol. The van der Waals surface area contributed by atoms with Crippen LogP contribution in [0.3, 0.4) is 0 Å². The number of ether oxygens (including phenoxy) is 1. The standard InChI is InChI=1S/C16H14N2O2/c17-16-10-14(18-20-16)11-19-15-8-6-13(7-9-15)12-4-2-1-3-5-12/h1-10H,11,17H2. The van der Waals surface area contributed by atoms with Gasteiger partial charge in [-0.25, -0.2) is 0 Å². The van der Waals surface area contributed by atoms with Gasteiger partial charge in [-0.15, -0.1) is 0 Å². The van der Waals surface area contributed by atoms with Crippen molar-refractivity contribution in [3.8, 4) is 16.9 Å². The molecule has 1 aromatic heterocycles. The molecule has 0 aliphatic rings. The summed E-state index contributed by atoms with van der Waals surface area (Å²) < 4.78 is 10.4. The molecule has 0 aliphatic heterocycles. The number of hydrogen-bond acceptors (Lipinski definition) is 4. The molecule has 4 heteroatoms. The summed E-state index contributed by atoms with van der Waals surface area (Å²) in [4.78, 5) is 0. The van der Waals surface area contributed by atoms with Crippen LogP contribution in [-0.4, -0.2) is 5.16 Å². The molecule has 0 radical (unpaired) electrons. The first-order chi connectivity index (χ1) is 9.81. The largest absolute Gasteiger partial charge is 0.487 e. The minimum atomic E-state index is 0.294. The fourth-order valence-corrected chi connectivity index (χ4v) is 1.93. The van der Waals surface area contributed by atoms with E-state index in [-0.39, 0.29) is 0 Å². The molecule has 4 nitrogen and oxygen atoms in total. The minimum absolute atomic E-state index is 0.294. The Morgan fingerprint density at radius 3 is 2.30 bits per heavy atom. The third-order valence-electron chi connectivity index (χ3n) is 2.93. The van der Waals surface area contributed by atoms with E-state index in [1.165, 1.54) is 5.56 Å². The van der Waals surface area contributed by atoms with Crippen LogP contribution in [0.15, 0.2) is 65.2 Å². The zero-order chi connectivity index (χ0) is 13.8. The third-order valence-corrected chi connectivity index (χ3v) is 2.93. The van der Waals surface area contributed by atoms with Crippen molar-refractivity contribution >= 4 is 5.88 Å². The van der Waals surface area contributed by atoms with Gasteiger partial charge >= 0.3 is 0 Å². The van der Waals surface area contributed by atoms with Crippen molar-refractivity contribution in [2.24, 2.45) is 0 Å². The van der Waals surface area contributed by atoms with E-state index < -0.39 is 0 Å². The molecule has 0 bridgehead atoms. The molecule has 2 N–H and O–H groups in total. The van der Waals surface area contributed by atoms with Gasteiger partial charge in [-0.1, -0.05) is 47.6 Å². The van der Waals surface area contributed by atoms with Crippen LogP contribution < -0.4 is 10.5 Å². The van der Waals surface area contributed by atoms with E-state index in [9.17, 15) is 0 Å². The number of rotatable bonds is 4. The van der Waals surface area contributed by atoms with Gasteiger partial charge in [-0.05, 0) is 23.3 Å². The molecule has 0 fully saturated rings. The quantitative estimate of drug-likeness (QED) is 0.785. The Labute approximate surface area is 116 Å². The van der Waals surface area contributed by atoms with Gasteiger partial charge in [0.05, 0.1) is 0 Å². The van der Waals surface area contributed by atoms with Crippen molar-refractivity contribution < 1.29 is 9.26 Å². The van der Waals surface area contributed by atoms with Crippen LogP contribution in [0, 0.1) is 0 Å². The number of hydrogen-bond donors (Lipinski definition) is 1. The van der Waals surface area contributed by atoms with Gasteiger partial charge in [-0.3, -0.25) is 0 Å². The van der Waals surface area contributed by atoms with Gasteiger partial charge in [0, 0.05) is 6.07 Å². The zero-order valence-electron chi connectivity index (χ0n) is 10.8. The van der Waals surface area contributed by atoms with E-state index >= 15 is 0 Å². The maximum atomic E-state index is 5.62. The van der Waals surface area contributed by atoms with Crippen LogP contribution in [0.25, 0.3) is 11.1 Å². The number of benzene rings is 2. The molecule has 20 heavy (non-hydrogen) atoms. The molecule has 0 atom stereocenters. The van der Waals surface area contributed by atoms with Crippen molar-refractivity contribution in [2.75, 3.05) is 5.73 Å². The maximum absolute atomic E-state index is 5.62. The fourth-order valence-electron chi connectivity index (χ4n) is 1.93.